The lowest BCUT2D eigenvalue weighted by molar-refractivity contribution is -0.111. The molecule has 102 valence electrons. The van der Waals surface area contributed by atoms with Gasteiger partial charge >= 0.3 is 0 Å². The van der Waals surface area contributed by atoms with Crippen LogP contribution in [0.2, 0.25) is 0 Å². The summed E-state index contributed by atoms with van der Waals surface area (Å²) in [4.78, 5) is 11.6. The normalized spacial score (nSPS) is 10.8. The van der Waals surface area contributed by atoms with Gasteiger partial charge in [0.1, 0.15) is 5.82 Å². The number of anilines is 1. The van der Waals surface area contributed by atoms with E-state index in [2.05, 4.69) is 5.32 Å². The molecule has 20 heavy (non-hydrogen) atoms. The molecular formula is C15H10F3NO. The molecule has 2 rings (SSSR count). The topological polar surface area (TPSA) is 29.1 Å². The zero-order valence-electron chi connectivity index (χ0n) is 10.2. The molecule has 0 atom stereocenters. The lowest BCUT2D eigenvalue weighted by Crippen LogP contribution is -2.08. The smallest absolute Gasteiger partial charge is 0.248 e. The molecule has 0 saturated carbocycles. The maximum Gasteiger partial charge on any atom is 0.248 e. The molecule has 2 nitrogen and oxygen atoms in total. The van der Waals surface area contributed by atoms with Crippen molar-refractivity contribution in [1.29, 1.82) is 0 Å². The fourth-order valence-electron chi connectivity index (χ4n) is 1.54. The summed E-state index contributed by atoms with van der Waals surface area (Å²) in [5, 5.41) is 2.37. The first-order chi connectivity index (χ1) is 9.54. The van der Waals surface area contributed by atoms with Crippen molar-refractivity contribution < 1.29 is 18.0 Å². The molecule has 0 aliphatic carbocycles. The third kappa shape index (κ3) is 3.71. The molecule has 5 heteroatoms. The number of carbonyl (C=O) groups excluding carboxylic acids is 1. The first-order valence-electron chi connectivity index (χ1n) is 5.74. The lowest BCUT2D eigenvalue weighted by Gasteiger charge is -2.02. The van der Waals surface area contributed by atoms with E-state index in [1.807, 2.05) is 0 Å². The van der Waals surface area contributed by atoms with Crippen molar-refractivity contribution in [1.82, 2.24) is 0 Å². The number of nitrogens with one attached hydrogen (secondary N) is 1. The number of benzene rings is 2. The van der Waals surface area contributed by atoms with Crippen LogP contribution in [-0.4, -0.2) is 5.91 Å². The van der Waals surface area contributed by atoms with E-state index >= 15 is 0 Å². The molecule has 0 fully saturated rings. The Morgan fingerprint density at radius 2 is 1.80 bits per heavy atom. The van der Waals surface area contributed by atoms with E-state index in [9.17, 15) is 18.0 Å². The molecule has 1 N–H and O–H groups in total. The Morgan fingerprint density at radius 1 is 1.00 bits per heavy atom. The van der Waals surface area contributed by atoms with Crippen LogP contribution < -0.4 is 5.32 Å². The molecular weight excluding hydrogens is 267 g/mol. The third-order valence-electron chi connectivity index (χ3n) is 2.46. The zero-order chi connectivity index (χ0) is 14.5. The van der Waals surface area contributed by atoms with Crippen LogP contribution in [0.1, 0.15) is 5.56 Å². The Kier molecular flexibility index (Phi) is 4.20. The lowest BCUT2D eigenvalue weighted by atomic mass is 10.2. The summed E-state index contributed by atoms with van der Waals surface area (Å²) in [6.45, 7) is 0. The predicted octanol–water partition coefficient (Wildman–Crippen LogP) is 3.76. The number of rotatable bonds is 3. The number of halogens is 3. The molecule has 0 radical (unpaired) electrons. The molecule has 2 aromatic carbocycles. The summed E-state index contributed by atoms with van der Waals surface area (Å²) in [5.41, 5.74) is 0.656. The standard InChI is InChI=1S/C15H10F3NO/c16-11-3-1-2-10(8-11)4-7-15(20)19-12-5-6-13(17)14(18)9-12/h1-9H,(H,19,20)/b7-4+. The van der Waals surface area contributed by atoms with Crippen LogP contribution in [-0.2, 0) is 4.79 Å². The van der Waals surface area contributed by atoms with Gasteiger partial charge in [0.2, 0.25) is 5.91 Å². The molecule has 0 aromatic heterocycles. The molecule has 0 heterocycles. The number of hydrogen-bond acceptors (Lipinski definition) is 1. The minimum absolute atomic E-state index is 0.137. The highest BCUT2D eigenvalue weighted by Crippen LogP contribution is 2.13. The van der Waals surface area contributed by atoms with Crippen molar-refractivity contribution in [3.05, 3.63) is 71.6 Å². The molecule has 0 spiro atoms. The van der Waals surface area contributed by atoms with Gasteiger partial charge in [-0.3, -0.25) is 4.79 Å². The van der Waals surface area contributed by atoms with Gasteiger partial charge < -0.3 is 5.32 Å². The van der Waals surface area contributed by atoms with Crippen LogP contribution in [0.4, 0.5) is 18.9 Å². The van der Waals surface area contributed by atoms with E-state index in [0.717, 1.165) is 12.1 Å². The highest BCUT2D eigenvalue weighted by molar-refractivity contribution is 6.01. The summed E-state index contributed by atoms with van der Waals surface area (Å²) in [5.74, 6) is -2.97. The molecule has 0 saturated heterocycles. The minimum Gasteiger partial charge on any atom is -0.322 e. The number of carbonyl (C=O) groups is 1. The first kappa shape index (κ1) is 13.9. The van der Waals surface area contributed by atoms with Gasteiger partial charge in [-0.05, 0) is 35.9 Å². The second kappa shape index (κ2) is 6.06. The number of amides is 1. The minimum atomic E-state index is -1.04. The fraction of sp³-hybridized carbons (Fsp3) is 0. The summed E-state index contributed by atoms with van der Waals surface area (Å²) >= 11 is 0. The Balaban J connectivity index is 2.03. The average molecular weight is 277 g/mol. The van der Waals surface area contributed by atoms with Crippen molar-refractivity contribution in [2.45, 2.75) is 0 Å². The van der Waals surface area contributed by atoms with Gasteiger partial charge in [-0.1, -0.05) is 12.1 Å². The van der Waals surface area contributed by atoms with Crippen LogP contribution in [0, 0.1) is 17.5 Å². The van der Waals surface area contributed by atoms with E-state index in [1.165, 1.54) is 36.4 Å². The monoisotopic (exact) mass is 277 g/mol. The molecule has 0 unspecified atom stereocenters. The van der Waals surface area contributed by atoms with Gasteiger partial charge in [0.05, 0.1) is 0 Å². The average Bonchev–Trinajstić information content (AvgIpc) is 2.41. The van der Waals surface area contributed by atoms with E-state index in [0.29, 0.717) is 5.56 Å². The zero-order valence-corrected chi connectivity index (χ0v) is 10.2. The summed E-state index contributed by atoms with van der Waals surface area (Å²) < 4.78 is 38.6. The third-order valence-corrected chi connectivity index (χ3v) is 2.46. The second-order valence-electron chi connectivity index (χ2n) is 4.01. The van der Waals surface area contributed by atoms with Gasteiger partial charge in [-0.2, -0.15) is 0 Å². The summed E-state index contributed by atoms with van der Waals surface area (Å²) in [6, 6.07) is 8.74. The first-order valence-corrected chi connectivity index (χ1v) is 5.74. The Morgan fingerprint density at radius 3 is 2.50 bits per heavy atom. The van der Waals surface area contributed by atoms with Crippen molar-refractivity contribution in [2.24, 2.45) is 0 Å². The van der Waals surface area contributed by atoms with Gasteiger partial charge in [0.25, 0.3) is 0 Å². The maximum atomic E-state index is 12.9. The van der Waals surface area contributed by atoms with Gasteiger partial charge in [0, 0.05) is 17.8 Å². The van der Waals surface area contributed by atoms with Crippen LogP contribution in [0.3, 0.4) is 0 Å². The van der Waals surface area contributed by atoms with Crippen LogP contribution >= 0.6 is 0 Å². The van der Waals surface area contributed by atoms with Crippen molar-refractivity contribution in [2.75, 3.05) is 5.32 Å². The van der Waals surface area contributed by atoms with Crippen LogP contribution in [0.15, 0.2) is 48.5 Å². The Labute approximate surface area is 113 Å². The Hall–Kier alpha value is -2.56. The summed E-state index contributed by atoms with van der Waals surface area (Å²) in [7, 11) is 0. The van der Waals surface area contributed by atoms with E-state index in [4.69, 9.17) is 0 Å². The van der Waals surface area contributed by atoms with Crippen molar-refractivity contribution in [3.8, 4) is 0 Å². The largest absolute Gasteiger partial charge is 0.322 e. The summed E-state index contributed by atoms with van der Waals surface area (Å²) in [6.07, 6.45) is 2.59. The van der Waals surface area contributed by atoms with Crippen LogP contribution in [0.25, 0.3) is 6.08 Å². The second-order valence-corrected chi connectivity index (χ2v) is 4.01. The van der Waals surface area contributed by atoms with Gasteiger partial charge in [0.15, 0.2) is 11.6 Å². The van der Waals surface area contributed by atoms with Crippen molar-refractivity contribution >= 4 is 17.7 Å². The van der Waals surface area contributed by atoms with Crippen molar-refractivity contribution in [3.63, 3.8) is 0 Å². The van der Waals surface area contributed by atoms with E-state index in [1.54, 1.807) is 6.07 Å². The van der Waals surface area contributed by atoms with E-state index < -0.39 is 23.4 Å². The van der Waals surface area contributed by atoms with Gasteiger partial charge in [-0.15, -0.1) is 0 Å². The quantitative estimate of drug-likeness (QED) is 0.850. The molecule has 2 aromatic rings. The Bertz CT molecular complexity index is 668. The van der Waals surface area contributed by atoms with Gasteiger partial charge in [-0.25, -0.2) is 13.2 Å². The molecule has 0 bridgehead atoms. The maximum absolute atomic E-state index is 12.9. The number of hydrogen-bond donors (Lipinski definition) is 1. The SMILES string of the molecule is O=C(/C=C/c1cccc(F)c1)Nc1ccc(F)c(F)c1. The predicted molar refractivity (Wildman–Crippen MR) is 70.4 cm³/mol. The highest BCUT2D eigenvalue weighted by Gasteiger charge is 2.04. The molecule has 1 amide bonds. The van der Waals surface area contributed by atoms with Crippen LogP contribution in [0.5, 0.6) is 0 Å². The molecule has 0 aliphatic rings. The van der Waals surface area contributed by atoms with E-state index in [-0.39, 0.29) is 5.69 Å². The molecule has 0 aliphatic heterocycles. The fourth-order valence-corrected chi connectivity index (χ4v) is 1.54. The highest BCUT2D eigenvalue weighted by atomic mass is 19.2.